The highest BCUT2D eigenvalue weighted by atomic mass is 35.5. The van der Waals surface area contributed by atoms with Crippen LogP contribution in [-0.4, -0.2) is 40.4 Å². The van der Waals surface area contributed by atoms with E-state index >= 15 is 0 Å². The molecule has 7 heteroatoms. The summed E-state index contributed by atoms with van der Waals surface area (Å²) in [6.07, 6.45) is 3.60. The molecule has 5 nitrogen and oxygen atoms in total. The standard InChI is InChI=1S/C21H22N4O.2ClH/c1-14-5-6-19-17(10-14)11-18(15(2)24-19)21(26)25-9-8-23-13-20(25)16-4-3-7-22-12-16;;/h3-7,10-12,20,23H,8-9,13H2,1-2H3;2*1H. The molecule has 0 saturated carbocycles. The summed E-state index contributed by atoms with van der Waals surface area (Å²) < 4.78 is 0. The van der Waals surface area contributed by atoms with Crippen LogP contribution in [0.3, 0.4) is 0 Å². The van der Waals surface area contributed by atoms with Gasteiger partial charge in [-0.1, -0.05) is 17.7 Å². The fourth-order valence-corrected chi connectivity index (χ4v) is 3.58. The predicted octanol–water partition coefficient (Wildman–Crippen LogP) is 3.88. The van der Waals surface area contributed by atoms with Gasteiger partial charge in [-0.15, -0.1) is 24.8 Å². The Kier molecular flexibility index (Phi) is 7.35. The molecule has 1 N–H and O–H groups in total. The number of halogens is 2. The molecule has 1 aliphatic heterocycles. The van der Waals surface area contributed by atoms with Crippen molar-refractivity contribution in [3.63, 3.8) is 0 Å². The summed E-state index contributed by atoms with van der Waals surface area (Å²) in [5.41, 5.74) is 4.59. The quantitative estimate of drug-likeness (QED) is 0.685. The van der Waals surface area contributed by atoms with Gasteiger partial charge in [-0.2, -0.15) is 0 Å². The average molecular weight is 419 g/mol. The molecule has 0 radical (unpaired) electrons. The van der Waals surface area contributed by atoms with E-state index in [1.54, 1.807) is 6.20 Å². The number of carbonyl (C=O) groups is 1. The minimum Gasteiger partial charge on any atom is -0.329 e. The van der Waals surface area contributed by atoms with Crippen LogP contribution in [0.4, 0.5) is 0 Å². The number of nitrogens with zero attached hydrogens (tertiary/aromatic N) is 3. The Morgan fingerprint density at radius 2 is 2.00 bits per heavy atom. The molecule has 148 valence electrons. The van der Waals surface area contributed by atoms with Crippen LogP contribution in [0.5, 0.6) is 0 Å². The third kappa shape index (κ3) is 4.27. The molecule has 2 aromatic heterocycles. The third-order valence-corrected chi connectivity index (χ3v) is 4.96. The molecule has 1 amide bonds. The maximum absolute atomic E-state index is 13.4. The zero-order valence-corrected chi connectivity index (χ0v) is 17.5. The Morgan fingerprint density at radius 3 is 2.75 bits per heavy atom. The van der Waals surface area contributed by atoms with Crippen LogP contribution >= 0.6 is 24.8 Å². The summed E-state index contributed by atoms with van der Waals surface area (Å²) in [5.74, 6) is 0.0359. The van der Waals surface area contributed by atoms with Gasteiger partial charge in [-0.05, 0) is 43.7 Å². The van der Waals surface area contributed by atoms with E-state index in [1.807, 2.05) is 48.4 Å². The first kappa shape index (κ1) is 22.1. The summed E-state index contributed by atoms with van der Waals surface area (Å²) in [4.78, 5) is 24.2. The van der Waals surface area contributed by atoms with E-state index in [-0.39, 0.29) is 36.8 Å². The van der Waals surface area contributed by atoms with Crippen LogP contribution in [0.25, 0.3) is 10.9 Å². The van der Waals surface area contributed by atoms with Crippen molar-refractivity contribution in [2.45, 2.75) is 19.9 Å². The highest BCUT2D eigenvalue weighted by Gasteiger charge is 2.29. The Bertz CT molecular complexity index is 965. The van der Waals surface area contributed by atoms with E-state index < -0.39 is 0 Å². The molecule has 3 heterocycles. The first-order valence-corrected chi connectivity index (χ1v) is 8.93. The van der Waals surface area contributed by atoms with Crippen molar-refractivity contribution in [3.05, 3.63) is 71.2 Å². The lowest BCUT2D eigenvalue weighted by Gasteiger charge is -2.36. The first-order chi connectivity index (χ1) is 12.6. The summed E-state index contributed by atoms with van der Waals surface area (Å²) in [6.45, 7) is 6.16. The molecule has 1 saturated heterocycles. The fraction of sp³-hybridized carbons (Fsp3) is 0.286. The Morgan fingerprint density at radius 1 is 1.18 bits per heavy atom. The summed E-state index contributed by atoms with van der Waals surface area (Å²) in [7, 11) is 0. The van der Waals surface area contributed by atoms with Gasteiger partial charge in [0, 0.05) is 37.4 Å². The highest BCUT2D eigenvalue weighted by Crippen LogP contribution is 2.26. The Balaban J connectivity index is 0.00000140. The van der Waals surface area contributed by atoms with Crippen molar-refractivity contribution in [2.75, 3.05) is 19.6 Å². The molecule has 4 rings (SSSR count). The fourth-order valence-electron chi connectivity index (χ4n) is 3.58. The summed E-state index contributed by atoms with van der Waals surface area (Å²) >= 11 is 0. The maximum atomic E-state index is 13.4. The van der Waals surface area contributed by atoms with Crippen molar-refractivity contribution < 1.29 is 4.79 Å². The number of nitrogens with one attached hydrogen (secondary N) is 1. The van der Waals surface area contributed by atoms with Gasteiger partial charge < -0.3 is 10.2 Å². The number of aromatic nitrogens is 2. The number of carbonyl (C=O) groups excluding carboxylic acids is 1. The number of hydrogen-bond acceptors (Lipinski definition) is 4. The monoisotopic (exact) mass is 418 g/mol. The lowest BCUT2D eigenvalue weighted by atomic mass is 10.0. The van der Waals surface area contributed by atoms with Gasteiger partial charge in [0.1, 0.15) is 0 Å². The van der Waals surface area contributed by atoms with Gasteiger partial charge in [0.2, 0.25) is 0 Å². The van der Waals surface area contributed by atoms with Crippen molar-refractivity contribution in [3.8, 4) is 0 Å². The lowest BCUT2D eigenvalue weighted by molar-refractivity contribution is 0.0633. The van der Waals surface area contributed by atoms with Crippen molar-refractivity contribution >= 4 is 41.6 Å². The SMILES string of the molecule is Cc1ccc2nc(C)c(C(=O)N3CCNCC3c3cccnc3)cc2c1.Cl.Cl. The topological polar surface area (TPSA) is 58.1 Å². The molecule has 3 aromatic rings. The first-order valence-electron chi connectivity index (χ1n) is 8.93. The molecule has 0 spiro atoms. The number of aryl methyl sites for hydroxylation is 2. The van der Waals surface area contributed by atoms with Crippen molar-refractivity contribution in [2.24, 2.45) is 0 Å². The van der Waals surface area contributed by atoms with Gasteiger partial charge in [0.05, 0.1) is 22.8 Å². The van der Waals surface area contributed by atoms with E-state index in [4.69, 9.17) is 0 Å². The highest BCUT2D eigenvalue weighted by molar-refractivity contribution is 5.99. The number of piperazine rings is 1. The minimum atomic E-state index is -0.0162. The van der Waals surface area contributed by atoms with E-state index in [1.165, 1.54) is 0 Å². The van der Waals surface area contributed by atoms with Gasteiger partial charge in [0.25, 0.3) is 5.91 Å². The van der Waals surface area contributed by atoms with Gasteiger partial charge >= 0.3 is 0 Å². The molecule has 1 unspecified atom stereocenters. The van der Waals surface area contributed by atoms with Gasteiger partial charge in [-0.3, -0.25) is 14.8 Å². The van der Waals surface area contributed by atoms with Crippen LogP contribution in [-0.2, 0) is 0 Å². The van der Waals surface area contributed by atoms with Crippen LogP contribution in [0.1, 0.15) is 33.2 Å². The molecule has 1 aliphatic rings. The van der Waals surface area contributed by atoms with Crippen LogP contribution in [0, 0.1) is 13.8 Å². The lowest BCUT2D eigenvalue weighted by Crippen LogP contribution is -2.48. The summed E-state index contributed by atoms with van der Waals surface area (Å²) in [6, 6.07) is 12.0. The number of hydrogen-bond donors (Lipinski definition) is 1. The molecule has 1 atom stereocenters. The maximum Gasteiger partial charge on any atom is 0.256 e. The van der Waals surface area contributed by atoms with Gasteiger partial charge in [0.15, 0.2) is 0 Å². The zero-order valence-electron chi connectivity index (χ0n) is 15.9. The second kappa shape index (κ2) is 9.32. The smallest absolute Gasteiger partial charge is 0.256 e. The zero-order chi connectivity index (χ0) is 18.1. The molecule has 0 aliphatic carbocycles. The largest absolute Gasteiger partial charge is 0.329 e. The number of rotatable bonds is 2. The van der Waals surface area contributed by atoms with Crippen LogP contribution in [0.2, 0.25) is 0 Å². The number of benzene rings is 1. The van der Waals surface area contributed by atoms with Crippen molar-refractivity contribution in [1.29, 1.82) is 0 Å². The number of pyridine rings is 2. The number of fused-ring (bicyclic) bond motifs is 1. The van der Waals surface area contributed by atoms with Gasteiger partial charge in [-0.25, -0.2) is 0 Å². The molecule has 1 fully saturated rings. The minimum absolute atomic E-state index is 0. The normalized spacial score (nSPS) is 16.2. The molecular weight excluding hydrogens is 395 g/mol. The predicted molar refractivity (Wildman–Crippen MR) is 117 cm³/mol. The van der Waals surface area contributed by atoms with E-state index in [0.717, 1.165) is 40.8 Å². The molecule has 28 heavy (non-hydrogen) atoms. The molecular formula is C21H24Cl2N4O. The molecule has 1 aromatic carbocycles. The Hall–Kier alpha value is -2.21. The summed E-state index contributed by atoms with van der Waals surface area (Å²) in [5, 5.41) is 4.39. The molecule has 0 bridgehead atoms. The Labute approximate surface area is 177 Å². The van der Waals surface area contributed by atoms with E-state index in [0.29, 0.717) is 12.1 Å². The third-order valence-electron chi connectivity index (χ3n) is 4.96. The van der Waals surface area contributed by atoms with E-state index in [2.05, 4.69) is 28.3 Å². The average Bonchev–Trinajstić information content (AvgIpc) is 2.68. The van der Waals surface area contributed by atoms with Crippen LogP contribution in [0.15, 0.2) is 48.8 Å². The number of amides is 1. The van der Waals surface area contributed by atoms with Crippen molar-refractivity contribution in [1.82, 2.24) is 20.2 Å². The van der Waals surface area contributed by atoms with Crippen LogP contribution < -0.4 is 5.32 Å². The second-order valence-electron chi connectivity index (χ2n) is 6.82. The van der Waals surface area contributed by atoms with E-state index in [9.17, 15) is 4.79 Å². The second-order valence-corrected chi connectivity index (χ2v) is 6.82.